The Bertz CT molecular complexity index is 1300. The van der Waals surface area contributed by atoms with Crippen molar-refractivity contribution in [2.75, 3.05) is 0 Å². The second-order valence-corrected chi connectivity index (χ2v) is 10.2. The van der Waals surface area contributed by atoms with Crippen molar-refractivity contribution in [2.24, 2.45) is 10.2 Å². The van der Waals surface area contributed by atoms with Crippen LogP contribution in [0.2, 0.25) is 0 Å². The molecule has 0 fully saturated rings. The van der Waals surface area contributed by atoms with Crippen LogP contribution >= 0.6 is 0 Å². The lowest BCUT2D eigenvalue weighted by Crippen LogP contribution is -2.15. The minimum atomic E-state index is -0.533. The number of rotatable bonds is 16. The first-order valence-corrected chi connectivity index (χ1v) is 14.7. The summed E-state index contributed by atoms with van der Waals surface area (Å²) in [5.41, 5.74) is 1.90. The number of ether oxygens (including phenoxy) is 3. The first-order chi connectivity index (χ1) is 20.4. The van der Waals surface area contributed by atoms with E-state index in [-0.39, 0.29) is 12.1 Å². The standard InChI is InChI=1S/C34H40N2O6/c1-4-6-8-10-11-25(3)40-33(38)27-15-21-31(22-16-27)42-34(39)26-13-17-28(18-14-26)35-36-29-19-23-30(24-20-29)41-32(37)12-9-7-5-2/h13-25H,4-12H2,1-3H3/t25-/m0/s1. The molecule has 0 spiro atoms. The van der Waals surface area contributed by atoms with Crippen LogP contribution in [0.3, 0.4) is 0 Å². The van der Waals surface area contributed by atoms with Gasteiger partial charge in [-0.05, 0) is 99.0 Å². The predicted octanol–water partition coefficient (Wildman–Crippen LogP) is 9.32. The maximum atomic E-state index is 12.6. The van der Waals surface area contributed by atoms with Gasteiger partial charge in [0, 0.05) is 6.42 Å². The summed E-state index contributed by atoms with van der Waals surface area (Å²) in [6, 6.07) is 19.6. The highest BCUT2D eigenvalue weighted by Gasteiger charge is 2.14. The van der Waals surface area contributed by atoms with E-state index in [1.165, 1.54) is 12.8 Å². The van der Waals surface area contributed by atoms with Gasteiger partial charge in [-0.3, -0.25) is 4.79 Å². The zero-order chi connectivity index (χ0) is 30.2. The van der Waals surface area contributed by atoms with Crippen LogP contribution in [-0.4, -0.2) is 24.0 Å². The second-order valence-electron chi connectivity index (χ2n) is 10.2. The molecule has 0 aliphatic carbocycles. The number of esters is 3. The molecular weight excluding hydrogens is 532 g/mol. The number of carbonyl (C=O) groups excluding carboxylic acids is 3. The van der Waals surface area contributed by atoms with Crippen LogP contribution in [0.1, 0.15) is 99.3 Å². The average Bonchev–Trinajstić information content (AvgIpc) is 2.99. The number of azo groups is 1. The quantitative estimate of drug-likeness (QED) is 0.0733. The van der Waals surface area contributed by atoms with Crippen LogP contribution in [0.15, 0.2) is 83.0 Å². The van der Waals surface area contributed by atoms with Crippen molar-refractivity contribution >= 4 is 29.3 Å². The Morgan fingerprint density at radius 3 is 1.74 bits per heavy atom. The fraction of sp³-hybridized carbons (Fsp3) is 0.382. The SMILES string of the molecule is CCCCCC[C@H](C)OC(=O)c1ccc(OC(=O)c2ccc(N=Nc3ccc(OC(=O)CCCCC)cc3)cc2)cc1. The molecule has 0 saturated heterocycles. The Hall–Kier alpha value is -4.33. The summed E-state index contributed by atoms with van der Waals surface area (Å²) in [7, 11) is 0. The van der Waals surface area contributed by atoms with Crippen LogP contribution in [0.4, 0.5) is 11.4 Å². The molecule has 0 saturated carbocycles. The lowest BCUT2D eigenvalue weighted by molar-refractivity contribution is -0.134. The Kier molecular flexibility index (Phi) is 13.4. The molecule has 3 rings (SSSR count). The number of unbranched alkanes of at least 4 members (excludes halogenated alkanes) is 5. The van der Waals surface area contributed by atoms with Crippen molar-refractivity contribution in [2.45, 2.75) is 84.7 Å². The van der Waals surface area contributed by atoms with E-state index in [2.05, 4.69) is 24.1 Å². The van der Waals surface area contributed by atoms with Gasteiger partial charge in [-0.25, -0.2) is 9.59 Å². The lowest BCUT2D eigenvalue weighted by Gasteiger charge is -2.13. The van der Waals surface area contributed by atoms with Gasteiger partial charge in [-0.15, -0.1) is 0 Å². The summed E-state index contributed by atoms with van der Waals surface area (Å²) in [5, 5.41) is 8.39. The highest BCUT2D eigenvalue weighted by atomic mass is 16.5. The number of carbonyl (C=O) groups is 3. The topological polar surface area (TPSA) is 104 Å². The van der Waals surface area contributed by atoms with E-state index in [1.807, 2.05) is 6.92 Å². The van der Waals surface area contributed by atoms with E-state index in [0.717, 1.165) is 38.5 Å². The van der Waals surface area contributed by atoms with Crippen LogP contribution in [0.5, 0.6) is 11.5 Å². The molecule has 0 N–H and O–H groups in total. The fourth-order valence-corrected chi connectivity index (χ4v) is 4.06. The average molecular weight is 573 g/mol. The second kappa shape index (κ2) is 17.5. The molecule has 0 aliphatic heterocycles. The van der Waals surface area contributed by atoms with Crippen molar-refractivity contribution < 1.29 is 28.6 Å². The highest BCUT2D eigenvalue weighted by Crippen LogP contribution is 2.23. The molecule has 0 radical (unpaired) electrons. The van der Waals surface area contributed by atoms with Crippen LogP contribution in [-0.2, 0) is 9.53 Å². The van der Waals surface area contributed by atoms with Gasteiger partial charge in [-0.1, -0.05) is 46.0 Å². The number of nitrogens with zero attached hydrogens (tertiary/aromatic N) is 2. The maximum absolute atomic E-state index is 12.6. The monoisotopic (exact) mass is 572 g/mol. The smallest absolute Gasteiger partial charge is 0.343 e. The van der Waals surface area contributed by atoms with E-state index >= 15 is 0 Å². The van der Waals surface area contributed by atoms with Crippen LogP contribution < -0.4 is 9.47 Å². The third-order valence-electron chi connectivity index (χ3n) is 6.51. The molecule has 0 aromatic heterocycles. The summed E-state index contributed by atoms with van der Waals surface area (Å²) in [6.07, 6.45) is 8.50. The van der Waals surface area contributed by atoms with E-state index in [1.54, 1.807) is 72.8 Å². The third-order valence-corrected chi connectivity index (χ3v) is 6.51. The zero-order valence-electron chi connectivity index (χ0n) is 24.7. The Morgan fingerprint density at radius 1 is 0.619 bits per heavy atom. The Labute approximate surface area is 248 Å². The third kappa shape index (κ3) is 11.3. The van der Waals surface area contributed by atoms with Gasteiger partial charge in [-0.2, -0.15) is 10.2 Å². The van der Waals surface area contributed by atoms with E-state index in [4.69, 9.17) is 14.2 Å². The van der Waals surface area contributed by atoms with Crippen molar-refractivity contribution in [3.8, 4) is 11.5 Å². The molecule has 1 atom stereocenters. The molecular formula is C34H40N2O6. The summed E-state index contributed by atoms with van der Waals surface area (Å²) in [4.78, 5) is 36.9. The Balaban J connectivity index is 1.46. The molecule has 0 unspecified atom stereocenters. The van der Waals surface area contributed by atoms with Crippen molar-refractivity contribution in [1.82, 2.24) is 0 Å². The van der Waals surface area contributed by atoms with Gasteiger partial charge in [0.1, 0.15) is 11.5 Å². The maximum Gasteiger partial charge on any atom is 0.343 e. The van der Waals surface area contributed by atoms with E-state index < -0.39 is 11.9 Å². The molecule has 0 bridgehead atoms. The number of hydrogen-bond acceptors (Lipinski definition) is 8. The molecule has 42 heavy (non-hydrogen) atoms. The molecule has 8 nitrogen and oxygen atoms in total. The fourth-order valence-electron chi connectivity index (χ4n) is 4.06. The summed E-state index contributed by atoms with van der Waals surface area (Å²) < 4.78 is 16.3. The van der Waals surface area contributed by atoms with Gasteiger partial charge in [0.2, 0.25) is 0 Å². The molecule has 3 aromatic rings. The molecule has 0 aliphatic rings. The highest BCUT2D eigenvalue weighted by molar-refractivity contribution is 5.92. The summed E-state index contributed by atoms with van der Waals surface area (Å²) in [5.74, 6) is -0.377. The van der Waals surface area contributed by atoms with Gasteiger partial charge in [0.15, 0.2) is 0 Å². The molecule has 3 aromatic carbocycles. The first kappa shape index (κ1) is 32.2. The van der Waals surface area contributed by atoms with E-state index in [0.29, 0.717) is 40.4 Å². The molecule has 8 heteroatoms. The van der Waals surface area contributed by atoms with E-state index in [9.17, 15) is 14.4 Å². The molecule has 0 heterocycles. The summed E-state index contributed by atoms with van der Waals surface area (Å²) >= 11 is 0. The molecule has 222 valence electrons. The number of benzene rings is 3. The lowest BCUT2D eigenvalue weighted by atomic mass is 10.1. The van der Waals surface area contributed by atoms with Crippen molar-refractivity contribution in [3.63, 3.8) is 0 Å². The first-order valence-electron chi connectivity index (χ1n) is 14.7. The number of hydrogen-bond donors (Lipinski definition) is 0. The van der Waals surface area contributed by atoms with Crippen LogP contribution in [0, 0.1) is 0 Å². The van der Waals surface area contributed by atoms with Crippen molar-refractivity contribution in [3.05, 3.63) is 83.9 Å². The van der Waals surface area contributed by atoms with Gasteiger partial charge in [0.25, 0.3) is 0 Å². The zero-order valence-corrected chi connectivity index (χ0v) is 24.7. The van der Waals surface area contributed by atoms with Gasteiger partial charge in [0.05, 0.1) is 28.6 Å². The predicted molar refractivity (Wildman–Crippen MR) is 162 cm³/mol. The Morgan fingerprint density at radius 2 is 1.12 bits per heavy atom. The van der Waals surface area contributed by atoms with Crippen molar-refractivity contribution in [1.29, 1.82) is 0 Å². The summed E-state index contributed by atoms with van der Waals surface area (Å²) in [6.45, 7) is 6.15. The minimum absolute atomic E-state index is 0.147. The normalized spacial score (nSPS) is 11.7. The van der Waals surface area contributed by atoms with Gasteiger partial charge >= 0.3 is 17.9 Å². The van der Waals surface area contributed by atoms with Crippen LogP contribution in [0.25, 0.3) is 0 Å². The largest absolute Gasteiger partial charge is 0.459 e. The van der Waals surface area contributed by atoms with Gasteiger partial charge < -0.3 is 14.2 Å². The minimum Gasteiger partial charge on any atom is -0.459 e. The molecule has 0 amide bonds.